The van der Waals surface area contributed by atoms with E-state index in [-0.39, 0.29) is 33.3 Å². The van der Waals surface area contributed by atoms with Crippen molar-refractivity contribution in [2.24, 2.45) is 11.3 Å². The van der Waals surface area contributed by atoms with Crippen LogP contribution in [0.25, 0.3) is 5.57 Å². The first kappa shape index (κ1) is 12.4. The number of allylic oxidation sites excluding steroid dienone is 2. The molecular weight excluding hydrogens is 299 g/mol. The number of hydrogen-bond donors (Lipinski definition) is 1. The van der Waals surface area contributed by atoms with Crippen LogP contribution in [0.3, 0.4) is 0 Å². The highest BCUT2D eigenvalue weighted by atomic mass is 35.5. The Labute approximate surface area is 125 Å². The highest BCUT2D eigenvalue weighted by molar-refractivity contribution is 6.49. The van der Waals surface area contributed by atoms with E-state index in [1.165, 1.54) is 6.07 Å². The lowest BCUT2D eigenvalue weighted by atomic mass is 9.73. The molecule has 3 aliphatic carbocycles. The summed E-state index contributed by atoms with van der Waals surface area (Å²) in [6.07, 6.45) is 1.82. The van der Waals surface area contributed by atoms with Crippen LogP contribution in [0, 0.1) is 11.3 Å². The summed E-state index contributed by atoms with van der Waals surface area (Å²) in [6, 6.07) is 3.07. The molecule has 0 saturated heterocycles. The van der Waals surface area contributed by atoms with Crippen molar-refractivity contribution < 1.29 is 14.7 Å². The van der Waals surface area contributed by atoms with Gasteiger partial charge in [0.05, 0.1) is 15.5 Å². The van der Waals surface area contributed by atoms with Crippen molar-refractivity contribution >= 4 is 40.3 Å². The summed E-state index contributed by atoms with van der Waals surface area (Å²) in [7, 11) is 0. The third kappa shape index (κ3) is 1.19. The second-order valence-electron chi connectivity index (χ2n) is 5.73. The largest absolute Gasteiger partial charge is 0.506 e. The highest BCUT2D eigenvalue weighted by Crippen LogP contribution is 2.63. The molecular formula is C15H10Cl2O3. The zero-order chi connectivity index (χ0) is 14.2. The Hall–Kier alpha value is -1.32. The fourth-order valence-corrected chi connectivity index (χ4v) is 4.63. The van der Waals surface area contributed by atoms with Crippen molar-refractivity contribution in [1.29, 1.82) is 0 Å². The van der Waals surface area contributed by atoms with Gasteiger partial charge in [0.1, 0.15) is 5.75 Å². The molecule has 2 bridgehead atoms. The molecule has 0 heterocycles. The zero-order valence-electron chi connectivity index (χ0n) is 10.4. The lowest BCUT2D eigenvalue weighted by Gasteiger charge is -2.28. The number of fused-ring (bicyclic) bond motifs is 3. The molecule has 1 aromatic carbocycles. The molecule has 4 rings (SSSR count). The minimum absolute atomic E-state index is 0.0594. The van der Waals surface area contributed by atoms with Crippen LogP contribution < -0.4 is 0 Å². The van der Waals surface area contributed by atoms with E-state index >= 15 is 0 Å². The number of halogens is 2. The van der Waals surface area contributed by atoms with Gasteiger partial charge >= 0.3 is 0 Å². The normalized spacial score (nSPS) is 30.8. The monoisotopic (exact) mass is 308 g/mol. The minimum Gasteiger partial charge on any atom is -0.506 e. The van der Waals surface area contributed by atoms with Gasteiger partial charge in [-0.15, -0.1) is 0 Å². The maximum absolute atomic E-state index is 12.8. The van der Waals surface area contributed by atoms with Crippen LogP contribution in [0.5, 0.6) is 5.75 Å². The van der Waals surface area contributed by atoms with E-state index in [4.69, 9.17) is 23.2 Å². The standard InChI is InChI=1S/C15H10Cl2O3/c16-11-8(18)2-1-7-9(11)14(20)15-4-3-6(5-15)13(19)12(17)10(7)15/h1-2,6,18H,3-5H2/t6-,15-/m0/s1. The fourth-order valence-electron chi connectivity index (χ4n) is 3.94. The summed E-state index contributed by atoms with van der Waals surface area (Å²) in [5.41, 5.74) is 0.849. The molecule has 0 unspecified atom stereocenters. The van der Waals surface area contributed by atoms with E-state index in [1.807, 2.05) is 0 Å². The highest BCUT2D eigenvalue weighted by Gasteiger charge is 2.59. The second kappa shape index (κ2) is 3.66. The summed E-state index contributed by atoms with van der Waals surface area (Å²) in [5.74, 6) is -0.445. The number of Topliss-reactive ketones (excluding diaryl/α,β-unsaturated/α-hetero) is 2. The van der Waals surface area contributed by atoms with E-state index in [0.717, 1.165) is 0 Å². The van der Waals surface area contributed by atoms with Gasteiger partial charge in [0.15, 0.2) is 11.6 Å². The molecule has 1 N–H and O–H groups in total. The van der Waals surface area contributed by atoms with Crippen LogP contribution in [-0.4, -0.2) is 16.7 Å². The van der Waals surface area contributed by atoms with Gasteiger partial charge in [0.25, 0.3) is 0 Å². The Morgan fingerprint density at radius 1 is 1.25 bits per heavy atom. The van der Waals surface area contributed by atoms with Gasteiger partial charge in [-0.25, -0.2) is 0 Å². The van der Waals surface area contributed by atoms with E-state index in [0.29, 0.717) is 36.0 Å². The molecule has 0 aliphatic heterocycles. The van der Waals surface area contributed by atoms with Crippen molar-refractivity contribution in [3.8, 4) is 5.75 Å². The smallest absolute Gasteiger partial charge is 0.177 e. The molecule has 20 heavy (non-hydrogen) atoms. The Kier molecular flexibility index (Phi) is 2.27. The fraction of sp³-hybridized carbons (Fsp3) is 0.333. The Morgan fingerprint density at radius 3 is 2.75 bits per heavy atom. The number of phenols is 1. The molecule has 1 aromatic rings. The molecule has 2 atom stereocenters. The summed E-state index contributed by atoms with van der Waals surface area (Å²) in [6.45, 7) is 0. The van der Waals surface area contributed by atoms with Gasteiger partial charge in [-0.2, -0.15) is 0 Å². The van der Waals surface area contributed by atoms with Crippen molar-refractivity contribution in [2.45, 2.75) is 19.3 Å². The van der Waals surface area contributed by atoms with Gasteiger partial charge in [-0.3, -0.25) is 9.59 Å². The predicted molar refractivity (Wildman–Crippen MR) is 75.0 cm³/mol. The maximum Gasteiger partial charge on any atom is 0.177 e. The molecule has 0 radical (unpaired) electrons. The summed E-state index contributed by atoms with van der Waals surface area (Å²) >= 11 is 12.3. The molecule has 1 saturated carbocycles. The quantitative estimate of drug-likeness (QED) is 0.797. The van der Waals surface area contributed by atoms with Crippen LogP contribution in [0.15, 0.2) is 17.2 Å². The van der Waals surface area contributed by atoms with Gasteiger partial charge in [-0.1, -0.05) is 29.3 Å². The van der Waals surface area contributed by atoms with E-state index in [9.17, 15) is 14.7 Å². The number of phenolic OH excluding ortho intramolecular Hbond substituents is 1. The van der Waals surface area contributed by atoms with Gasteiger partial charge in [0.2, 0.25) is 0 Å². The van der Waals surface area contributed by atoms with Crippen LogP contribution in [-0.2, 0) is 4.79 Å². The van der Waals surface area contributed by atoms with E-state index in [2.05, 4.69) is 0 Å². The molecule has 1 fully saturated rings. The van der Waals surface area contributed by atoms with Gasteiger partial charge in [0, 0.05) is 11.5 Å². The van der Waals surface area contributed by atoms with Crippen LogP contribution in [0.4, 0.5) is 0 Å². The Bertz CT molecular complexity index is 735. The molecule has 0 amide bonds. The minimum atomic E-state index is -0.699. The Morgan fingerprint density at radius 2 is 2.00 bits per heavy atom. The Balaban J connectivity index is 2.11. The molecule has 3 aliphatic rings. The van der Waals surface area contributed by atoms with E-state index < -0.39 is 5.41 Å². The lowest BCUT2D eigenvalue weighted by molar-refractivity contribution is -0.118. The number of carbonyl (C=O) groups excluding carboxylic acids is 2. The topological polar surface area (TPSA) is 54.4 Å². The lowest BCUT2D eigenvalue weighted by Crippen LogP contribution is -2.30. The van der Waals surface area contributed by atoms with Crippen LogP contribution in [0.1, 0.15) is 35.2 Å². The molecule has 3 nitrogen and oxygen atoms in total. The molecule has 1 spiro atoms. The first-order valence-corrected chi connectivity index (χ1v) is 7.24. The van der Waals surface area contributed by atoms with Crippen molar-refractivity contribution in [2.75, 3.05) is 0 Å². The maximum atomic E-state index is 12.8. The number of carbonyl (C=O) groups is 2. The van der Waals surface area contributed by atoms with Crippen LogP contribution in [0.2, 0.25) is 5.02 Å². The van der Waals surface area contributed by atoms with Crippen molar-refractivity contribution in [3.05, 3.63) is 33.3 Å². The second-order valence-corrected chi connectivity index (χ2v) is 6.48. The third-order valence-corrected chi connectivity index (χ3v) is 5.61. The average molecular weight is 309 g/mol. The SMILES string of the molecule is O=C1C(Cl)=C2c3ccc(O)c(Cl)c3C(=O)[C@]23CC[C@H]1C3. The van der Waals surface area contributed by atoms with E-state index in [1.54, 1.807) is 6.07 Å². The number of hydrogen-bond acceptors (Lipinski definition) is 3. The number of benzene rings is 1. The third-order valence-electron chi connectivity index (χ3n) is 4.85. The first-order valence-electron chi connectivity index (χ1n) is 6.48. The zero-order valence-corrected chi connectivity index (χ0v) is 11.9. The predicted octanol–water partition coefficient (Wildman–Crippen LogP) is 3.56. The molecule has 0 aromatic heterocycles. The summed E-state index contributed by atoms with van der Waals surface area (Å²) in [4.78, 5) is 25.0. The number of aromatic hydroxyl groups is 1. The number of rotatable bonds is 0. The van der Waals surface area contributed by atoms with Crippen LogP contribution >= 0.6 is 23.2 Å². The average Bonchev–Trinajstić information content (AvgIpc) is 2.93. The first-order chi connectivity index (χ1) is 9.47. The van der Waals surface area contributed by atoms with Crippen molar-refractivity contribution in [3.63, 3.8) is 0 Å². The molecule has 5 heteroatoms. The van der Waals surface area contributed by atoms with Gasteiger partial charge < -0.3 is 5.11 Å². The summed E-state index contributed by atoms with van der Waals surface area (Å²) in [5, 5.41) is 9.95. The van der Waals surface area contributed by atoms with Crippen molar-refractivity contribution in [1.82, 2.24) is 0 Å². The molecule has 102 valence electrons. The van der Waals surface area contributed by atoms with Gasteiger partial charge in [-0.05, 0) is 36.5 Å². The summed E-state index contributed by atoms with van der Waals surface area (Å²) < 4.78 is 0. The number of ketones is 2.